The summed E-state index contributed by atoms with van der Waals surface area (Å²) in [5.41, 5.74) is 8.67. The largest absolute Gasteiger partial charge is 0.508 e. The first-order chi connectivity index (χ1) is 7.65. The SMILES string of the molecule is Nc1cc(O)ccc1Cc1cccc(Br)c1. The number of nitrogens with two attached hydrogens (primary N) is 1. The molecule has 0 radical (unpaired) electrons. The van der Waals surface area contributed by atoms with Crippen LogP contribution in [-0.4, -0.2) is 5.11 Å². The van der Waals surface area contributed by atoms with Crippen LogP contribution in [0.2, 0.25) is 0 Å². The van der Waals surface area contributed by atoms with E-state index in [1.807, 2.05) is 18.2 Å². The van der Waals surface area contributed by atoms with Crippen LogP contribution < -0.4 is 5.73 Å². The number of nitrogen functional groups attached to an aromatic ring is 1. The Labute approximate surface area is 103 Å². The lowest BCUT2D eigenvalue weighted by molar-refractivity contribution is 0.475. The third-order valence-corrected chi connectivity index (χ3v) is 2.91. The van der Waals surface area contributed by atoms with E-state index in [0.717, 1.165) is 16.5 Å². The Morgan fingerprint density at radius 3 is 2.62 bits per heavy atom. The Morgan fingerprint density at radius 1 is 1.12 bits per heavy atom. The molecule has 2 nitrogen and oxygen atoms in total. The molecule has 0 aliphatic heterocycles. The number of rotatable bonds is 2. The number of hydrogen-bond acceptors (Lipinski definition) is 2. The molecule has 0 amide bonds. The molecule has 0 atom stereocenters. The van der Waals surface area contributed by atoms with Gasteiger partial charge in [-0.2, -0.15) is 0 Å². The maximum absolute atomic E-state index is 9.26. The third kappa shape index (κ3) is 2.55. The van der Waals surface area contributed by atoms with Gasteiger partial charge in [0.15, 0.2) is 0 Å². The maximum Gasteiger partial charge on any atom is 0.117 e. The molecular formula is C13H12BrNO. The van der Waals surface area contributed by atoms with Crippen LogP contribution in [0.25, 0.3) is 0 Å². The van der Waals surface area contributed by atoms with Crippen molar-refractivity contribution in [1.29, 1.82) is 0 Å². The minimum atomic E-state index is 0.204. The zero-order chi connectivity index (χ0) is 11.5. The van der Waals surface area contributed by atoms with Crippen LogP contribution in [0.3, 0.4) is 0 Å². The molecule has 0 saturated carbocycles. The summed E-state index contributed by atoms with van der Waals surface area (Å²) in [5, 5.41) is 9.26. The van der Waals surface area contributed by atoms with Crippen LogP contribution in [0.15, 0.2) is 46.9 Å². The van der Waals surface area contributed by atoms with Gasteiger partial charge < -0.3 is 10.8 Å². The molecule has 3 heteroatoms. The summed E-state index contributed by atoms with van der Waals surface area (Å²) >= 11 is 3.43. The molecule has 3 N–H and O–H groups in total. The summed E-state index contributed by atoms with van der Waals surface area (Å²) < 4.78 is 1.06. The van der Waals surface area contributed by atoms with E-state index in [1.54, 1.807) is 12.1 Å². The molecule has 16 heavy (non-hydrogen) atoms. The lowest BCUT2D eigenvalue weighted by Gasteiger charge is -2.06. The van der Waals surface area contributed by atoms with E-state index >= 15 is 0 Å². The normalized spacial score (nSPS) is 10.3. The monoisotopic (exact) mass is 277 g/mol. The highest BCUT2D eigenvalue weighted by Crippen LogP contribution is 2.22. The van der Waals surface area contributed by atoms with Crippen molar-refractivity contribution in [3.63, 3.8) is 0 Å². The molecule has 0 aliphatic rings. The van der Waals surface area contributed by atoms with Gasteiger partial charge in [-0.25, -0.2) is 0 Å². The molecule has 2 aromatic carbocycles. The molecular weight excluding hydrogens is 266 g/mol. The molecule has 0 aromatic heterocycles. The second-order valence-electron chi connectivity index (χ2n) is 3.69. The first-order valence-electron chi connectivity index (χ1n) is 4.97. The molecule has 0 aliphatic carbocycles. The zero-order valence-corrected chi connectivity index (χ0v) is 10.2. The molecule has 0 saturated heterocycles. The molecule has 0 fully saturated rings. The lowest BCUT2D eigenvalue weighted by atomic mass is 10.0. The van der Waals surface area contributed by atoms with Gasteiger partial charge in [0.05, 0.1) is 0 Å². The maximum atomic E-state index is 9.26. The fourth-order valence-electron chi connectivity index (χ4n) is 1.61. The Hall–Kier alpha value is -1.48. The first kappa shape index (κ1) is 11.0. The number of benzene rings is 2. The van der Waals surface area contributed by atoms with Gasteiger partial charge >= 0.3 is 0 Å². The Balaban J connectivity index is 2.27. The number of aromatic hydroxyl groups is 1. The van der Waals surface area contributed by atoms with E-state index in [4.69, 9.17) is 5.73 Å². The van der Waals surface area contributed by atoms with Gasteiger partial charge in [-0.1, -0.05) is 34.1 Å². The number of halogens is 1. The van der Waals surface area contributed by atoms with Crippen molar-refractivity contribution in [2.45, 2.75) is 6.42 Å². The number of hydrogen-bond donors (Lipinski definition) is 2. The predicted octanol–water partition coefficient (Wildman–Crippen LogP) is 3.33. The molecule has 0 unspecified atom stereocenters. The average Bonchev–Trinajstić information content (AvgIpc) is 2.22. The Morgan fingerprint density at radius 2 is 1.94 bits per heavy atom. The van der Waals surface area contributed by atoms with Crippen molar-refractivity contribution < 1.29 is 5.11 Å². The summed E-state index contributed by atoms with van der Waals surface area (Å²) in [6.07, 6.45) is 0.769. The zero-order valence-electron chi connectivity index (χ0n) is 8.65. The van der Waals surface area contributed by atoms with E-state index in [2.05, 4.69) is 28.1 Å². The van der Waals surface area contributed by atoms with Gasteiger partial charge in [0.2, 0.25) is 0 Å². The molecule has 0 heterocycles. The standard InChI is InChI=1S/C13H12BrNO/c14-11-3-1-2-9(7-11)6-10-4-5-12(16)8-13(10)15/h1-5,7-8,16H,6,15H2. The van der Waals surface area contributed by atoms with Crippen LogP contribution in [0, 0.1) is 0 Å². The van der Waals surface area contributed by atoms with Crippen molar-refractivity contribution in [2.75, 3.05) is 5.73 Å². The Kier molecular flexibility index (Phi) is 3.15. The van der Waals surface area contributed by atoms with Gasteiger partial charge in [-0.05, 0) is 35.7 Å². The topological polar surface area (TPSA) is 46.2 Å². The number of anilines is 1. The molecule has 0 bridgehead atoms. The summed E-state index contributed by atoms with van der Waals surface area (Å²) in [6.45, 7) is 0. The highest BCUT2D eigenvalue weighted by Gasteiger charge is 2.02. The quantitative estimate of drug-likeness (QED) is 0.828. The molecule has 2 aromatic rings. The summed E-state index contributed by atoms with van der Waals surface area (Å²) in [4.78, 5) is 0. The second-order valence-corrected chi connectivity index (χ2v) is 4.61. The van der Waals surface area contributed by atoms with Gasteiger partial charge in [0, 0.05) is 16.2 Å². The van der Waals surface area contributed by atoms with E-state index in [1.165, 1.54) is 5.56 Å². The second kappa shape index (κ2) is 4.58. The summed E-state index contributed by atoms with van der Waals surface area (Å²) in [5.74, 6) is 0.204. The van der Waals surface area contributed by atoms with Crippen molar-refractivity contribution in [2.24, 2.45) is 0 Å². The van der Waals surface area contributed by atoms with Crippen LogP contribution in [-0.2, 0) is 6.42 Å². The minimum Gasteiger partial charge on any atom is -0.508 e. The number of phenols is 1. The van der Waals surface area contributed by atoms with Crippen molar-refractivity contribution in [1.82, 2.24) is 0 Å². The van der Waals surface area contributed by atoms with Crippen LogP contribution in [0.4, 0.5) is 5.69 Å². The molecule has 0 spiro atoms. The van der Waals surface area contributed by atoms with Crippen molar-refractivity contribution in [3.8, 4) is 5.75 Å². The van der Waals surface area contributed by atoms with E-state index < -0.39 is 0 Å². The average molecular weight is 278 g/mol. The van der Waals surface area contributed by atoms with Crippen LogP contribution in [0.5, 0.6) is 5.75 Å². The van der Waals surface area contributed by atoms with Gasteiger partial charge in [0.1, 0.15) is 5.75 Å². The fourth-order valence-corrected chi connectivity index (χ4v) is 2.06. The lowest BCUT2D eigenvalue weighted by Crippen LogP contribution is -1.95. The predicted molar refractivity (Wildman–Crippen MR) is 69.5 cm³/mol. The van der Waals surface area contributed by atoms with Gasteiger partial charge in [0.25, 0.3) is 0 Å². The first-order valence-corrected chi connectivity index (χ1v) is 5.76. The van der Waals surface area contributed by atoms with E-state index in [-0.39, 0.29) is 5.75 Å². The molecule has 2 rings (SSSR count). The smallest absolute Gasteiger partial charge is 0.117 e. The van der Waals surface area contributed by atoms with E-state index in [0.29, 0.717) is 5.69 Å². The van der Waals surface area contributed by atoms with Crippen molar-refractivity contribution in [3.05, 3.63) is 58.1 Å². The minimum absolute atomic E-state index is 0.204. The highest BCUT2D eigenvalue weighted by molar-refractivity contribution is 9.10. The fraction of sp³-hybridized carbons (Fsp3) is 0.0769. The van der Waals surface area contributed by atoms with E-state index in [9.17, 15) is 5.11 Å². The Bertz CT molecular complexity index is 511. The summed E-state index contributed by atoms with van der Waals surface area (Å²) in [6, 6.07) is 13.2. The van der Waals surface area contributed by atoms with Crippen molar-refractivity contribution >= 4 is 21.6 Å². The highest BCUT2D eigenvalue weighted by atomic mass is 79.9. The van der Waals surface area contributed by atoms with Gasteiger partial charge in [-0.3, -0.25) is 0 Å². The third-order valence-electron chi connectivity index (χ3n) is 2.41. The van der Waals surface area contributed by atoms with Crippen LogP contribution in [0.1, 0.15) is 11.1 Å². The van der Waals surface area contributed by atoms with Crippen LogP contribution >= 0.6 is 15.9 Å². The van der Waals surface area contributed by atoms with Gasteiger partial charge in [-0.15, -0.1) is 0 Å². The molecule has 82 valence electrons. The summed E-state index contributed by atoms with van der Waals surface area (Å²) in [7, 11) is 0. The number of phenolic OH excluding ortho intramolecular Hbond substituents is 1.